The predicted molar refractivity (Wildman–Crippen MR) is 136 cm³/mol. The second-order valence-corrected chi connectivity index (χ2v) is 9.26. The average Bonchev–Trinajstić information content (AvgIpc) is 2.80. The highest BCUT2D eigenvalue weighted by atomic mass is 16.3. The molecule has 1 aromatic carbocycles. The van der Waals surface area contributed by atoms with Crippen LogP contribution in [0.25, 0.3) is 0 Å². The fourth-order valence-corrected chi connectivity index (χ4v) is 4.45. The van der Waals surface area contributed by atoms with Crippen molar-refractivity contribution in [3.05, 3.63) is 35.9 Å². The third-order valence-electron chi connectivity index (χ3n) is 6.83. The minimum atomic E-state index is -0.345. The van der Waals surface area contributed by atoms with Gasteiger partial charge in [0.15, 0.2) is 0 Å². The van der Waals surface area contributed by atoms with Gasteiger partial charge in [-0.05, 0) is 38.5 Å². The van der Waals surface area contributed by atoms with Gasteiger partial charge in [-0.3, -0.25) is 4.90 Å². The maximum atomic E-state index is 10.8. The quantitative estimate of drug-likeness (QED) is 0.571. The van der Waals surface area contributed by atoms with Gasteiger partial charge in [-0.15, -0.1) is 0 Å². The summed E-state index contributed by atoms with van der Waals surface area (Å²) < 4.78 is 0. The minimum Gasteiger partial charge on any atom is -0.390 e. The van der Waals surface area contributed by atoms with E-state index in [2.05, 4.69) is 82.9 Å². The standard InChI is InChI=1S/C26H49N5O/c1-5-28-13-15-29(6-2)17-19-31(20-18-30(7-3)16-14-28)23-26(32)22-27-24(4)21-25-11-9-8-10-12-25/h8-12,24,26-27,32H,5-7,13-23H2,1-4H3. The maximum Gasteiger partial charge on any atom is 0.0791 e. The van der Waals surface area contributed by atoms with Gasteiger partial charge in [0, 0.05) is 71.5 Å². The van der Waals surface area contributed by atoms with E-state index in [-0.39, 0.29) is 6.10 Å². The van der Waals surface area contributed by atoms with E-state index in [0.717, 1.165) is 85.0 Å². The topological polar surface area (TPSA) is 45.2 Å². The lowest BCUT2D eigenvalue weighted by molar-refractivity contribution is 0.0866. The lowest BCUT2D eigenvalue weighted by atomic mass is 10.1. The van der Waals surface area contributed by atoms with Crippen LogP contribution >= 0.6 is 0 Å². The molecular weight excluding hydrogens is 398 g/mol. The molecule has 0 aliphatic carbocycles. The summed E-state index contributed by atoms with van der Waals surface area (Å²) in [6, 6.07) is 10.9. The van der Waals surface area contributed by atoms with Crippen LogP contribution in [0, 0.1) is 0 Å². The van der Waals surface area contributed by atoms with Crippen molar-refractivity contribution in [2.24, 2.45) is 0 Å². The van der Waals surface area contributed by atoms with Crippen LogP contribution in [0.1, 0.15) is 33.3 Å². The molecule has 2 unspecified atom stereocenters. The van der Waals surface area contributed by atoms with Crippen molar-refractivity contribution >= 4 is 0 Å². The number of aliphatic hydroxyl groups is 1. The van der Waals surface area contributed by atoms with E-state index in [0.29, 0.717) is 12.6 Å². The summed E-state index contributed by atoms with van der Waals surface area (Å²) >= 11 is 0. The molecule has 184 valence electrons. The number of rotatable bonds is 10. The van der Waals surface area contributed by atoms with Gasteiger partial charge in [0.2, 0.25) is 0 Å². The Kier molecular flexibility index (Phi) is 13.4. The number of hydrogen-bond acceptors (Lipinski definition) is 6. The highest BCUT2D eigenvalue weighted by Gasteiger charge is 2.17. The second-order valence-electron chi connectivity index (χ2n) is 9.26. The first kappa shape index (κ1) is 27.2. The maximum absolute atomic E-state index is 10.8. The van der Waals surface area contributed by atoms with E-state index in [4.69, 9.17) is 0 Å². The molecule has 1 aromatic rings. The number of nitrogens with one attached hydrogen (secondary N) is 1. The zero-order chi connectivity index (χ0) is 23.2. The Morgan fingerprint density at radius 2 is 1.19 bits per heavy atom. The summed E-state index contributed by atoms with van der Waals surface area (Å²) in [6.45, 7) is 22.4. The van der Waals surface area contributed by atoms with Gasteiger partial charge in [0.05, 0.1) is 6.10 Å². The molecule has 1 aliphatic heterocycles. The van der Waals surface area contributed by atoms with Crippen molar-refractivity contribution < 1.29 is 5.11 Å². The van der Waals surface area contributed by atoms with Gasteiger partial charge in [0.25, 0.3) is 0 Å². The molecule has 0 saturated carbocycles. The summed E-state index contributed by atoms with van der Waals surface area (Å²) in [5.74, 6) is 0. The van der Waals surface area contributed by atoms with E-state index < -0.39 is 0 Å². The van der Waals surface area contributed by atoms with Gasteiger partial charge in [-0.1, -0.05) is 51.1 Å². The van der Waals surface area contributed by atoms with Crippen LogP contribution in [0.3, 0.4) is 0 Å². The number of hydrogen-bond donors (Lipinski definition) is 2. The fraction of sp³-hybridized carbons (Fsp3) is 0.769. The van der Waals surface area contributed by atoms with Crippen LogP contribution in [0.15, 0.2) is 30.3 Å². The van der Waals surface area contributed by atoms with E-state index in [1.807, 2.05) is 0 Å². The summed E-state index contributed by atoms with van der Waals surface area (Å²) in [6.07, 6.45) is 0.644. The van der Waals surface area contributed by atoms with E-state index >= 15 is 0 Å². The molecule has 32 heavy (non-hydrogen) atoms. The molecule has 2 atom stereocenters. The van der Waals surface area contributed by atoms with E-state index in [9.17, 15) is 5.11 Å². The van der Waals surface area contributed by atoms with Crippen LogP contribution in [-0.2, 0) is 6.42 Å². The van der Waals surface area contributed by atoms with Crippen LogP contribution in [0.2, 0.25) is 0 Å². The normalized spacial score (nSPS) is 21.0. The Morgan fingerprint density at radius 3 is 1.62 bits per heavy atom. The molecule has 6 nitrogen and oxygen atoms in total. The third kappa shape index (κ3) is 10.7. The summed E-state index contributed by atoms with van der Waals surface area (Å²) in [7, 11) is 0. The van der Waals surface area contributed by atoms with E-state index in [1.165, 1.54) is 5.56 Å². The Morgan fingerprint density at radius 1 is 0.750 bits per heavy atom. The molecule has 0 spiro atoms. The van der Waals surface area contributed by atoms with E-state index in [1.54, 1.807) is 0 Å². The van der Waals surface area contributed by atoms with Crippen LogP contribution in [-0.4, -0.2) is 122 Å². The molecule has 0 aromatic heterocycles. The first-order chi connectivity index (χ1) is 15.5. The van der Waals surface area contributed by atoms with Crippen molar-refractivity contribution in [1.29, 1.82) is 0 Å². The summed E-state index contributed by atoms with van der Waals surface area (Å²) in [5.41, 5.74) is 1.34. The molecular formula is C26H49N5O. The molecule has 2 N–H and O–H groups in total. The lowest BCUT2D eigenvalue weighted by Gasteiger charge is -2.34. The minimum absolute atomic E-state index is 0.345. The van der Waals surface area contributed by atoms with Gasteiger partial charge >= 0.3 is 0 Å². The molecule has 0 radical (unpaired) electrons. The Balaban J connectivity index is 1.85. The van der Waals surface area contributed by atoms with Crippen molar-refractivity contribution in [3.8, 4) is 0 Å². The molecule has 0 bridgehead atoms. The second kappa shape index (κ2) is 15.8. The highest BCUT2D eigenvalue weighted by Crippen LogP contribution is 2.04. The van der Waals surface area contributed by atoms with Gasteiger partial charge in [-0.2, -0.15) is 0 Å². The Labute approximate surface area is 197 Å². The molecule has 1 fully saturated rings. The first-order valence-corrected chi connectivity index (χ1v) is 12.9. The molecule has 6 heteroatoms. The fourth-order valence-electron chi connectivity index (χ4n) is 4.45. The summed E-state index contributed by atoms with van der Waals surface area (Å²) in [4.78, 5) is 10.2. The zero-order valence-electron chi connectivity index (χ0n) is 21.2. The average molecular weight is 448 g/mol. The monoisotopic (exact) mass is 447 g/mol. The SMILES string of the molecule is CCN1CCN(CC)CCN(CC(O)CNC(C)Cc2ccccc2)CCN(CC)CC1. The van der Waals surface area contributed by atoms with Gasteiger partial charge in [-0.25, -0.2) is 0 Å². The van der Waals surface area contributed by atoms with Crippen LogP contribution < -0.4 is 5.32 Å². The van der Waals surface area contributed by atoms with Crippen LogP contribution in [0.4, 0.5) is 0 Å². The molecule has 1 heterocycles. The molecule has 1 saturated heterocycles. The smallest absolute Gasteiger partial charge is 0.0791 e. The first-order valence-electron chi connectivity index (χ1n) is 12.9. The zero-order valence-corrected chi connectivity index (χ0v) is 21.2. The third-order valence-corrected chi connectivity index (χ3v) is 6.83. The number of likely N-dealkylation sites (N-methyl/N-ethyl adjacent to an activating group) is 3. The van der Waals surface area contributed by atoms with Crippen molar-refractivity contribution in [2.75, 3.05) is 85.1 Å². The molecule has 2 rings (SSSR count). The Bertz CT molecular complexity index is 567. The van der Waals surface area contributed by atoms with Crippen molar-refractivity contribution in [2.45, 2.75) is 46.3 Å². The molecule has 1 aliphatic rings. The van der Waals surface area contributed by atoms with Crippen molar-refractivity contribution in [3.63, 3.8) is 0 Å². The largest absolute Gasteiger partial charge is 0.390 e. The Hall–Kier alpha value is -1.02. The van der Waals surface area contributed by atoms with Gasteiger partial charge < -0.3 is 25.1 Å². The summed E-state index contributed by atoms with van der Waals surface area (Å²) in [5, 5.41) is 14.3. The number of benzene rings is 1. The highest BCUT2D eigenvalue weighted by molar-refractivity contribution is 5.15. The van der Waals surface area contributed by atoms with Crippen LogP contribution in [0.5, 0.6) is 0 Å². The molecule has 0 amide bonds. The lowest BCUT2D eigenvalue weighted by Crippen LogP contribution is -2.48. The number of β-amino-alcohol motifs (C(OH)–C–C–N with tert-alkyl or cyclic N) is 1. The predicted octanol–water partition coefficient (Wildman–Crippen LogP) is 1.85. The van der Waals surface area contributed by atoms with Crippen molar-refractivity contribution in [1.82, 2.24) is 24.9 Å². The van der Waals surface area contributed by atoms with Gasteiger partial charge in [0.1, 0.15) is 0 Å². The number of aliphatic hydroxyl groups excluding tert-OH is 1. The number of nitrogens with zero attached hydrogens (tertiary/aromatic N) is 4.